The van der Waals surface area contributed by atoms with Crippen molar-refractivity contribution in [2.75, 3.05) is 5.32 Å². The molecule has 0 saturated heterocycles. The zero-order chi connectivity index (χ0) is 20.6. The highest BCUT2D eigenvalue weighted by Gasteiger charge is 2.71. The number of aliphatic hydroxyl groups is 1. The molecule has 0 saturated carbocycles. The second kappa shape index (κ2) is 7.73. The van der Waals surface area contributed by atoms with E-state index in [1.165, 1.54) is 0 Å². The first kappa shape index (κ1) is 22.2. The van der Waals surface area contributed by atoms with Gasteiger partial charge in [-0.15, -0.1) is 0 Å². The Morgan fingerprint density at radius 2 is 1.41 bits per heavy atom. The molecule has 2 aromatic rings. The highest BCUT2D eigenvalue weighted by molar-refractivity contribution is 14.1. The first-order valence-corrected chi connectivity index (χ1v) is 9.16. The van der Waals surface area contributed by atoms with Crippen LogP contribution in [0.2, 0.25) is 0 Å². The van der Waals surface area contributed by atoms with Crippen molar-refractivity contribution >= 4 is 56.8 Å². The first-order valence-electron chi connectivity index (χ1n) is 7.00. The van der Waals surface area contributed by atoms with Crippen LogP contribution in [0.25, 0.3) is 0 Å². The van der Waals surface area contributed by atoms with E-state index < -0.39 is 29.4 Å². The number of anilines is 1. The highest BCUT2D eigenvalue weighted by atomic mass is 127. The van der Waals surface area contributed by atoms with Crippen LogP contribution in [0.3, 0.4) is 0 Å². The summed E-state index contributed by atoms with van der Waals surface area (Å²) in [6, 6.07) is 7.59. The number of rotatable bonds is 3. The van der Waals surface area contributed by atoms with Crippen molar-refractivity contribution in [3.8, 4) is 0 Å². The monoisotopic (exact) mass is 615 g/mol. The maximum absolute atomic E-state index is 12.9. The summed E-state index contributed by atoms with van der Waals surface area (Å²) in [5, 5.41) is 11.7. The average Bonchev–Trinajstić information content (AvgIpc) is 2.52. The van der Waals surface area contributed by atoms with Crippen LogP contribution < -0.4 is 5.32 Å². The SMILES string of the molecule is O=C(Nc1ccc(C(O)(C(F)(F)F)C(F)(F)F)cc1)c1ccc(I)cc1I. The number of benzene rings is 2. The molecule has 0 radical (unpaired) electrons. The maximum atomic E-state index is 12.9. The number of carbonyl (C=O) groups is 1. The number of carbonyl (C=O) groups excluding carboxylic acids is 1. The Balaban J connectivity index is 2.30. The van der Waals surface area contributed by atoms with E-state index in [-0.39, 0.29) is 5.69 Å². The van der Waals surface area contributed by atoms with Crippen LogP contribution in [0.15, 0.2) is 42.5 Å². The highest BCUT2D eigenvalue weighted by Crippen LogP contribution is 2.50. The molecule has 0 aliphatic rings. The van der Waals surface area contributed by atoms with Gasteiger partial charge in [-0.2, -0.15) is 26.3 Å². The largest absolute Gasteiger partial charge is 0.430 e. The predicted molar refractivity (Wildman–Crippen MR) is 102 cm³/mol. The fraction of sp³-hybridized carbons (Fsp3) is 0.188. The molecular weight excluding hydrogens is 606 g/mol. The van der Waals surface area contributed by atoms with Gasteiger partial charge in [0.15, 0.2) is 0 Å². The molecule has 0 aliphatic carbocycles. The quantitative estimate of drug-likeness (QED) is 0.356. The van der Waals surface area contributed by atoms with E-state index in [4.69, 9.17) is 0 Å². The van der Waals surface area contributed by atoms with Crippen molar-refractivity contribution in [1.29, 1.82) is 0 Å². The third-order valence-corrected chi connectivity index (χ3v) is 5.12. The normalized spacial score (nSPS) is 12.8. The Morgan fingerprint density at radius 1 is 0.889 bits per heavy atom. The van der Waals surface area contributed by atoms with Crippen LogP contribution in [0, 0.1) is 7.14 Å². The number of halogens is 8. The van der Waals surface area contributed by atoms with Gasteiger partial charge in [-0.3, -0.25) is 4.79 Å². The van der Waals surface area contributed by atoms with Crippen LogP contribution in [0.4, 0.5) is 32.0 Å². The van der Waals surface area contributed by atoms with Crippen molar-refractivity contribution in [2.24, 2.45) is 0 Å². The Morgan fingerprint density at radius 3 is 1.85 bits per heavy atom. The van der Waals surface area contributed by atoms with Gasteiger partial charge in [-0.25, -0.2) is 0 Å². The predicted octanol–water partition coefficient (Wildman–Crippen LogP) is 5.46. The maximum Gasteiger partial charge on any atom is 0.430 e. The van der Waals surface area contributed by atoms with Crippen LogP contribution in [-0.2, 0) is 5.60 Å². The molecule has 27 heavy (non-hydrogen) atoms. The van der Waals surface area contributed by atoms with Gasteiger partial charge in [0, 0.05) is 18.4 Å². The zero-order valence-corrected chi connectivity index (χ0v) is 17.2. The van der Waals surface area contributed by atoms with Gasteiger partial charge in [0.1, 0.15) is 0 Å². The summed E-state index contributed by atoms with van der Waals surface area (Å²) in [6.45, 7) is 0. The molecule has 146 valence electrons. The number of amides is 1. The van der Waals surface area contributed by atoms with E-state index in [2.05, 4.69) is 5.32 Å². The van der Waals surface area contributed by atoms with Gasteiger partial charge >= 0.3 is 12.4 Å². The number of alkyl halides is 6. The number of hydrogen-bond acceptors (Lipinski definition) is 2. The summed E-state index contributed by atoms with van der Waals surface area (Å²) in [7, 11) is 0. The first-order chi connectivity index (χ1) is 12.3. The van der Waals surface area contributed by atoms with E-state index >= 15 is 0 Å². The van der Waals surface area contributed by atoms with Crippen molar-refractivity contribution in [3.05, 3.63) is 60.7 Å². The summed E-state index contributed by atoms with van der Waals surface area (Å²) >= 11 is 3.98. The lowest BCUT2D eigenvalue weighted by atomic mass is 9.92. The van der Waals surface area contributed by atoms with Gasteiger partial charge in [0.2, 0.25) is 0 Å². The molecule has 0 bridgehead atoms. The van der Waals surface area contributed by atoms with Crippen LogP contribution in [0.5, 0.6) is 0 Å². The van der Waals surface area contributed by atoms with Gasteiger partial charge < -0.3 is 10.4 Å². The number of hydrogen-bond donors (Lipinski definition) is 2. The van der Waals surface area contributed by atoms with Crippen LogP contribution in [-0.4, -0.2) is 23.4 Å². The van der Waals surface area contributed by atoms with Gasteiger partial charge in [0.25, 0.3) is 11.5 Å². The lowest BCUT2D eigenvalue weighted by Crippen LogP contribution is -2.53. The van der Waals surface area contributed by atoms with Gasteiger partial charge in [-0.1, -0.05) is 12.1 Å². The average molecular weight is 615 g/mol. The summed E-state index contributed by atoms with van der Waals surface area (Å²) in [6.07, 6.45) is -11.9. The van der Waals surface area contributed by atoms with E-state index in [1.807, 2.05) is 45.2 Å². The fourth-order valence-corrected chi connectivity index (χ4v) is 4.00. The fourth-order valence-electron chi connectivity index (χ4n) is 2.15. The molecule has 0 heterocycles. The summed E-state index contributed by atoms with van der Waals surface area (Å²) in [5.41, 5.74) is -6.13. The molecule has 1 amide bonds. The molecular formula is C16H9F6I2NO2. The second-order valence-electron chi connectivity index (χ2n) is 5.36. The van der Waals surface area contributed by atoms with E-state index in [0.717, 1.165) is 15.7 Å². The molecule has 11 heteroatoms. The molecule has 2 N–H and O–H groups in total. The summed E-state index contributed by atoms with van der Waals surface area (Å²) in [5.74, 6) is -0.578. The van der Waals surface area contributed by atoms with Crippen molar-refractivity contribution in [1.82, 2.24) is 0 Å². The third kappa shape index (κ3) is 4.50. The molecule has 3 nitrogen and oxygen atoms in total. The molecule has 2 rings (SSSR count). The third-order valence-electron chi connectivity index (χ3n) is 3.56. The Bertz CT molecular complexity index is 835. The van der Waals surface area contributed by atoms with Gasteiger partial charge in [-0.05, 0) is 75.5 Å². The lowest BCUT2D eigenvalue weighted by molar-refractivity contribution is -0.376. The van der Waals surface area contributed by atoms with Crippen molar-refractivity contribution < 1.29 is 36.2 Å². The Hall–Kier alpha value is -1.09. The molecule has 2 aromatic carbocycles. The minimum Gasteiger partial charge on any atom is -0.369 e. The zero-order valence-electron chi connectivity index (χ0n) is 12.9. The molecule has 0 unspecified atom stereocenters. The van der Waals surface area contributed by atoms with Crippen molar-refractivity contribution in [3.63, 3.8) is 0 Å². The number of nitrogens with one attached hydrogen (secondary N) is 1. The second-order valence-corrected chi connectivity index (χ2v) is 7.77. The van der Waals surface area contributed by atoms with Gasteiger partial charge in [0.05, 0.1) is 5.56 Å². The molecule has 0 fully saturated rings. The molecule has 0 aromatic heterocycles. The minimum absolute atomic E-state index is 0.0233. The summed E-state index contributed by atoms with van der Waals surface area (Å²) < 4.78 is 78.6. The van der Waals surface area contributed by atoms with E-state index in [1.54, 1.807) is 18.2 Å². The van der Waals surface area contributed by atoms with Crippen LogP contribution in [0.1, 0.15) is 15.9 Å². The van der Waals surface area contributed by atoms with Crippen LogP contribution >= 0.6 is 45.2 Å². The summed E-state index contributed by atoms with van der Waals surface area (Å²) in [4.78, 5) is 12.2. The Kier molecular flexibility index (Phi) is 6.36. The minimum atomic E-state index is -5.96. The molecule has 0 spiro atoms. The standard InChI is InChI=1S/C16H9F6I2NO2/c17-15(18,19)14(27,16(20,21)22)8-1-4-10(5-2-8)25-13(26)11-6-3-9(23)7-12(11)24/h1-7,27H,(H,25,26). The van der Waals surface area contributed by atoms with Crippen molar-refractivity contribution in [2.45, 2.75) is 18.0 Å². The topological polar surface area (TPSA) is 49.3 Å². The lowest BCUT2D eigenvalue weighted by Gasteiger charge is -2.32. The van der Waals surface area contributed by atoms with E-state index in [0.29, 0.717) is 21.3 Å². The Labute approximate surface area is 176 Å². The molecule has 0 aliphatic heterocycles. The molecule has 0 atom stereocenters. The van der Waals surface area contributed by atoms with E-state index in [9.17, 15) is 36.2 Å². The smallest absolute Gasteiger partial charge is 0.369 e.